The van der Waals surface area contributed by atoms with E-state index in [1.54, 1.807) is 5.56 Å². The van der Waals surface area contributed by atoms with Gasteiger partial charge in [-0.25, -0.2) is 0 Å². The van der Waals surface area contributed by atoms with Crippen LogP contribution in [0.4, 0.5) is 0 Å². The SMILES string of the molecule is CC(C)Cc1c(Cc2ccccc2)cc(-c2ccccc2)c(-c2ccccc2)c1CC(C)C. The van der Waals surface area contributed by atoms with Gasteiger partial charge in [0, 0.05) is 0 Å². The lowest BCUT2D eigenvalue weighted by molar-refractivity contribution is 0.613. The van der Waals surface area contributed by atoms with Crippen LogP contribution in [-0.2, 0) is 19.3 Å². The van der Waals surface area contributed by atoms with Gasteiger partial charge in [0.05, 0.1) is 0 Å². The molecule has 0 aliphatic heterocycles. The van der Waals surface area contributed by atoms with Crippen LogP contribution in [0.2, 0.25) is 0 Å². The molecule has 0 unspecified atom stereocenters. The van der Waals surface area contributed by atoms with Crippen LogP contribution in [0.25, 0.3) is 22.3 Å². The van der Waals surface area contributed by atoms with E-state index >= 15 is 0 Å². The van der Waals surface area contributed by atoms with Crippen molar-refractivity contribution in [3.05, 3.63) is 119 Å². The molecule has 0 N–H and O–H groups in total. The summed E-state index contributed by atoms with van der Waals surface area (Å²) in [7, 11) is 0. The summed E-state index contributed by atoms with van der Waals surface area (Å²) in [6.45, 7) is 9.39. The van der Waals surface area contributed by atoms with Gasteiger partial charge in [-0.3, -0.25) is 0 Å². The normalized spacial score (nSPS) is 11.3. The van der Waals surface area contributed by atoms with Crippen LogP contribution >= 0.6 is 0 Å². The summed E-state index contributed by atoms with van der Waals surface area (Å²) >= 11 is 0. The van der Waals surface area contributed by atoms with Crippen molar-refractivity contribution in [1.82, 2.24) is 0 Å². The Labute approximate surface area is 200 Å². The van der Waals surface area contributed by atoms with E-state index in [1.165, 1.54) is 38.9 Å². The van der Waals surface area contributed by atoms with Crippen molar-refractivity contribution in [3.63, 3.8) is 0 Å². The fourth-order valence-corrected chi connectivity index (χ4v) is 4.89. The minimum Gasteiger partial charge on any atom is -0.0625 e. The molecule has 0 radical (unpaired) electrons. The van der Waals surface area contributed by atoms with E-state index in [9.17, 15) is 0 Å². The highest BCUT2D eigenvalue weighted by Crippen LogP contribution is 2.41. The summed E-state index contributed by atoms with van der Waals surface area (Å²) in [6.07, 6.45) is 3.18. The van der Waals surface area contributed by atoms with E-state index in [-0.39, 0.29) is 0 Å². The van der Waals surface area contributed by atoms with Crippen LogP contribution < -0.4 is 0 Å². The van der Waals surface area contributed by atoms with Crippen molar-refractivity contribution in [2.75, 3.05) is 0 Å². The van der Waals surface area contributed by atoms with Gasteiger partial charge >= 0.3 is 0 Å². The van der Waals surface area contributed by atoms with Crippen molar-refractivity contribution in [2.24, 2.45) is 11.8 Å². The monoisotopic (exact) mass is 432 g/mol. The third-order valence-electron chi connectivity index (χ3n) is 6.25. The van der Waals surface area contributed by atoms with Crippen molar-refractivity contribution in [2.45, 2.75) is 47.0 Å². The van der Waals surface area contributed by atoms with Crippen molar-refractivity contribution >= 4 is 0 Å². The van der Waals surface area contributed by atoms with Gasteiger partial charge in [-0.2, -0.15) is 0 Å². The quantitative estimate of drug-likeness (QED) is 0.260. The first kappa shape index (κ1) is 23.1. The van der Waals surface area contributed by atoms with Gasteiger partial charge in [-0.05, 0) is 81.7 Å². The summed E-state index contributed by atoms with van der Waals surface area (Å²) in [4.78, 5) is 0. The van der Waals surface area contributed by atoms with Crippen LogP contribution in [0.15, 0.2) is 97.1 Å². The summed E-state index contributed by atoms with van der Waals surface area (Å²) in [5.41, 5.74) is 11.3. The Bertz CT molecular complexity index is 1150. The molecular formula is C33H36. The Balaban J connectivity index is 2.04. The van der Waals surface area contributed by atoms with Gasteiger partial charge < -0.3 is 0 Å². The lowest BCUT2D eigenvalue weighted by atomic mass is 9.79. The molecule has 0 saturated carbocycles. The number of hydrogen-bond donors (Lipinski definition) is 0. The van der Waals surface area contributed by atoms with Gasteiger partial charge in [0.15, 0.2) is 0 Å². The molecule has 0 nitrogen and oxygen atoms in total. The molecule has 4 aromatic carbocycles. The van der Waals surface area contributed by atoms with Crippen LogP contribution in [0.5, 0.6) is 0 Å². The molecule has 4 rings (SSSR count). The maximum absolute atomic E-state index is 2.49. The molecule has 0 saturated heterocycles. The second kappa shape index (κ2) is 10.7. The Morgan fingerprint density at radius 1 is 0.545 bits per heavy atom. The second-order valence-electron chi connectivity index (χ2n) is 10.0. The molecular weight excluding hydrogens is 396 g/mol. The fourth-order valence-electron chi connectivity index (χ4n) is 4.89. The van der Waals surface area contributed by atoms with Crippen LogP contribution in [0, 0.1) is 11.8 Å². The zero-order valence-corrected chi connectivity index (χ0v) is 20.5. The van der Waals surface area contributed by atoms with Gasteiger partial charge in [0.2, 0.25) is 0 Å². The molecule has 4 aromatic rings. The van der Waals surface area contributed by atoms with Crippen molar-refractivity contribution in [3.8, 4) is 22.3 Å². The Morgan fingerprint density at radius 3 is 1.58 bits per heavy atom. The summed E-state index contributed by atoms with van der Waals surface area (Å²) in [5.74, 6) is 1.20. The first-order valence-electron chi connectivity index (χ1n) is 12.3. The van der Waals surface area contributed by atoms with Crippen molar-refractivity contribution in [1.29, 1.82) is 0 Å². The average Bonchev–Trinajstić information content (AvgIpc) is 2.82. The summed E-state index contributed by atoms with van der Waals surface area (Å²) in [5, 5.41) is 0. The molecule has 0 spiro atoms. The van der Waals surface area contributed by atoms with E-state index in [0.29, 0.717) is 11.8 Å². The highest BCUT2D eigenvalue weighted by atomic mass is 14.3. The van der Waals surface area contributed by atoms with E-state index < -0.39 is 0 Å². The largest absolute Gasteiger partial charge is 0.0625 e. The van der Waals surface area contributed by atoms with Gasteiger partial charge in [-0.15, -0.1) is 0 Å². The summed E-state index contributed by atoms with van der Waals surface area (Å²) in [6, 6.07) is 35.4. The number of benzene rings is 4. The maximum Gasteiger partial charge on any atom is -0.00227 e. The predicted octanol–water partition coefficient (Wildman–Crippen LogP) is 9.01. The summed E-state index contributed by atoms with van der Waals surface area (Å²) < 4.78 is 0. The minimum atomic E-state index is 0.592. The van der Waals surface area contributed by atoms with Gasteiger partial charge in [0.25, 0.3) is 0 Å². The topological polar surface area (TPSA) is 0 Å². The first-order valence-corrected chi connectivity index (χ1v) is 12.3. The van der Waals surface area contributed by atoms with Crippen LogP contribution in [0.1, 0.15) is 49.9 Å². The average molecular weight is 433 g/mol. The maximum atomic E-state index is 2.49. The lowest BCUT2D eigenvalue weighted by Gasteiger charge is -2.25. The number of hydrogen-bond acceptors (Lipinski definition) is 0. The molecule has 168 valence electrons. The molecule has 0 aliphatic rings. The molecule has 0 heteroatoms. The minimum absolute atomic E-state index is 0.592. The fraction of sp³-hybridized carbons (Fsp3) is 0.273. The molecule has 0 atom stereocenters. The van der Waals surface area contributed by atoms with Gasteiger partial charge in [0.1, 0.15) is 0 Å². The van der Waals surface area contributed by atoms with Gasteiger partial charge in [-0.1, -0.05) is 119 Å². The van der Waals surface area contributed by atoms with Crippen LogP contribution in [0.3, 0.4) is 0 Å². The molecule has 33 heavy (non-hydrogen) atoms. The Morgan fingerprint density at radius 2 is 1.03 bits per heavy atom. The molecule has 0 heterocycles. The molecule has 0 amide bonds. The van der Waals surface area contributed by atoms with E-state index in [0.717, 1.165) is 19.3 Å². The molecule has 0 aromatic heterocycles. The third-order valence-corrected chi connectivity index (χ3v) is 6.25. The highest BCUT2D eigenvalue weighted by Gasteiger charge is 2.21. The predicted molar refractivity (Wildman–Crippen MR) is 144 cm³/mol. The highest BCUT2D eigenvalue weighted by molar-refractivity contribution is 5.87. The zero-order chi connectivity index (χ0) is 23.2. The second-order valence-corrected chi connectivity index (χ2v) is 10.0. The third kappa shape index (κ3) is 5.63. The van der Waals surface area contributed by atoms with E-state index in [4.69, 9.17) is 0 Å². The number of rotatable bonds is 8. The Kier molecular flexibility index (Phi) is 7.45. The standard InChI is InChI=1S/C33H36/c1-24(2)20-30-29(22-26-14-8-5-9-15-26)23-31(27-16-10-6-11-17-27)33(32(30)21-25(3)4)28-18-12-7-13-19-28/h5-19,23-25H,20-22H2,1-4H3. The first-order chi connectivity index (χ1) is 16.0. The molecule has 0 bridgehead atoms. The molecule has 0 fully saturated rings. The zero-order valence-electron chi connectivity index (χ0n) is 20.5. The lowest BCUT2D eigenvalue weighted by Crippen LogP contribution is -2.10. The molecule has 0 aliphatic carbocycles. The van der Waals surface area contributed by atoms with Crippen molar-refractivity contribution < 1.29 is 0 Å². The Hall–Kier alpha value is -3.12. The van der Waals surface area contributed by atoms with E-state index in [1.807, 2.05) is 0 Å². The van der Waals surface area contributed by atoms with E-state index in [2.05, 4.69) is 125 Å². The smallest absolute Gasteiger partial charge is 0.00227 e. The van der Waals surface area contributed by atoms with Crippen LogP contribution in [-0.4, -0.2) is 0 Å².